The van der Waals surface area contributed by atoms with E-state index in [4.69, 9.17) is 9.97 Å². The van der Waals surface area contributed by atoms with Gasteiger partial charge >= 0.3 is 0 Å². The monoisotopic (exact) mass is 774 g/mol. The van der Waals surface area contributed by atoms with Crippen LogP contribution >= 0.6 is 0 Å². The quantitative estimate of drug-likeness (QED) is 0.179. The summed E-state index contributed by atoms with van der Waals surface area (Å²) in [6.07, 6.45) is 0. The molecule has 0 atom stereocenters. The maximum absolute atomic E-state index is 5.76. The minimum absolute atomic E-state index is 0.452. The van der Waals surface area contributed by atoms with Crippen molar-refractivity contribution in [3.63, 3.8) is 0 Å². The van der Waals surface area contributed by atoms with Gasteiger partial charge in [-0.15, -0.1) is 0 Å². The summed E-state index contributed by atoms with van der Waals surface area (Å²) >= 11 is 0. The van der Waals surface area contributed by atoms with Crippen LogP contribution in [0.25, 0.3) is 99.7 Å². The van der Waals surface area contributed by atoms with Crippen LogP contribution < -0.4 is 0 Å². The molecular formula is C57H34N4. The number of hydrogen-bond donors (Lipinski definition) is 0. The van der Waals surface area contributed by atoms with Crippen molar-refractivity contribution < 1.29 is 0 Å². The third-order valence-electron chi connectivity index (χ3n) is 13.6. The molecule has 12 aromatic rings. The molecule has 3 heterocycles. The second-order valence-electron chi connectivity index (χ2n) is 16.4. The Morgan fingerprint density at radius 1 is 0.344 bits per heavy atom. The SMILES string of the molecule is c1ccc(-n2c3ccccc3c3c2ccc2c4ccccc4n(-c4nc(-c5cccc6c5-c5ccccc5C65c6ccccc6-c6ccccc65)c5ccccc5n4)c23)cc1. The molecule has 14 rings (SSSR count). The van der Waals surface area contributed by atoms with Crippen LogP contribution in [-0.2, 0) is 5.41 Å². The van der Waals surface area contributed by atoms with Gasteiger partial charge in [-0.1, -0.05) is 170 Å². The Morgan fingerprint density at radius 2 is 0.902 bits per heavy atom. The van der Waals surface area contributed by atoms with Gasteiger partial charge < -0.3 is 4.57 Å². The Kier molecular flexibility index (Phi) is 6.46. The van der Waals surface area contributed by atoms with Gasteiger partial charge in [-0.2, -0.15) is 0 Å². The van der Waals surface area contributed by atoms with Gasteiger partial charge in [0.2, 0.25) is 5.95 Å². The molecule has 0 saturated heterocycles. The summed E-state index contributed by atoms with van der Waals surface area (Å²) in [6.45, 7) is 0. The first-order valence-electron chi connectivity index (χ1n) is 21.0. The standard InChI is InChI=1S/C57H34N4/c1-2-17-35(18-3-1)60-50-32-15-9-24-42(50)53-51(60)34-33-39-38-21-8-14-31-49(38)61(55(39)53)56-58-48-30-13-7-23-41(48)54(59-56)43-25-16-29-47-52(43)40-22-6-12-28-46(40)57(47)44-26-10-4-19-36(44)37-20-5-11-27-45(37)57/h1-34H. The summed E-state index contributed by atoms with van der Waals surface area (Å²) in [5, 5.41) is 5.74. The maximum atomic E-state index is 5.76. The fourth-order valence-electron chi connectivity index (χ4n) is 11.3. The summed E-state index contributed by atoms with van der Waals surface area (Å²) in [5.41, 5.74) is 18.4. The fourth-order valence-corrected chi connectivity index (χ4v) is 11.3. The average Bonchev–Trinajstić information content (AvgIpc) is 4.04. The second-order valence-corrected chi connectivity index (χ2v) is 16.4. The minimum atomic E-state index is -0.452. The van der Waals surface area contributed by atoms with Crippen molar-refractivity contribution in [2.75, 3.05) is 0 Å². The number of fused-ring (bicyclic) bond motifs is 18. The van der Waals surface area contributed by atoms with Crippen LogP contribution in [0.5, 0.6) is 0 Å². The van der Waals surface area contributed by atoms with Crippen LogP contribution in [0.4, 0.5) is 0 Å². The molecule has 0 amide bonds. The molecule has 0 radical (unpaired) electrons. The summed E-state index contributed by atoms with van der Waals surface area (Å²) in [4.78, 5) is 11.2. The molecule has 0 fully saturated rings. The molecule has 0 N–H and O–H groups in total. The lowest BCUT2D eigenvalue weighted by Gasteiger charge is -2.30. The third-order valence-corrected chi connectivity index (χ3v) is 13.6. The fraction of sp³-hybridized carbons (Fsp3) is 0.0175. The van der Waals surface area contributed by atoms with Crippen molar-refractivity contribution >= 4 is 54.5 Å². The van der Waals surface area contributed by atoms with Crippen LogP contribution in [0.15, 0.2) is 206 Å². The highest BCUT2D eigenvalue weighted by Gasteiger charge is 2.52. The Labute approximate surface area is 351 Å². The van der Waals surface area contributed by atoms with Gasteiger partial charge in [0.15, 0.2) is 0 Å². The van der Waals surface area contributed by atoms with Crippen molar-refractivity contribution in [2.45, 2.75) is 5.41 Å². The van der Waals surface area contributed by atoms with Gasteiger partial charge in [0.1, 0.15) is 0 Å². The molecular weight excluding hydrogens is 741 g/mol. The lowest BCUT2D eigenvalue weighted by atomic mass is 9.70. The molecule has 3 aromatic heterocycles. The second kappa shape index (κ2) is 12.0. The predicted molar refractivity (Wildman–Crippen MR) is 250 cm³/mol. The van der Waals surface area contributed by atoms with E-state index < -0.39 is 5.41 Å². The van der Waals surface area contributed by atoms with Crippen LogP contribution in [0.1, 0.15) is 22.3 Å². The lowest BCUT2D eigenvalue weighted by Crippen LogP contribution is -2.25. The van der Waals surface area contributed by atoms with Crippen LogP contribution in [-0.4, -0.2) is 19.1 Å². The Hall–Kier alpha value is -8.08. The summed E-state index contributed by atoms with van der Waals surface area (Å²) in [7, 11) is 0. The van der Waals surface area contributed by atoms with Gasteiger partial charge in [-0.25, -0.2) is 9.97 Å². The molecule has 2 aliphatic carbocycles. The van der Waals surface area contributed by atoms with Crippen molar-refractivity contribution in [3.05, 3.63) is 229 Å². The van der Waals surface area contributed by atoms with Crippen molar-refractivity contribution in [3.8, 4) is 45.1 Å². The van der Waals surface area contributed by atoms with Crippen molar-refractivity contribution in [2.24, 2.45) is 0 Å². The summed E-state index contributed by atoms with van der Waals surface area (Å²) < 4.78 is 4.71. The Bertz CT molecular complexity index is 3790. The molecule has 282 valence electrons. The first-order chi connectivity index (χ1) is 30.3. The van der Waals surface area contributed by atoms with Gasteiger partial charge in [-0.05, 0) is 80.9 Å². The molecule has 1 spiro atoms. The van der Waals surface area contributed by atoms with Crippen molar-refractivity contribution in [1.82, 2.24) is 19.1 Å². The molecule has 61 heavy (non-hydrogen) atoms. The molecule has 0 unspecified atom stereocenters. The minimum Gasteiger partial charge on any atom is -0.309 e. The lowest BCUT2D eigenvalue weighted by molar-refractivity contribution is 0.794. The number of benzene rings is 9. The van der Waals surface area contributed by atoms with E-state index in [1.54, 1.807) is 0 Å². The molecule has 4 nitrogen and oxygen atoms in total. The van der Waals surface area contributed by atoms with E-state index in [0.29, 0.717) is 5.95 Å². The number of rotatable bonds is 3. The molecule has 4 heteroatoms. The topological polar surface area (TPSA) is 35.6 Å². The zero-order chi connectivity index (χ0) is 39.8. The molecule has 9 aromatic carbocycles. The van der Waals surface area contributed by atoms with E-state index in [2.05, 4.69) is 215 Å². The Balaban J connectivity index is 1.11. The number of para-hydroxylation sites is 4. The zero-order valence-electron chi connectivity index (χ0n) is 32.9. The normalized spacial score (nSPS) is 13.4. The van der Waals surface area contributed by atoms with E-state index in [1.807, 2.05) is 0 Å². The van der Waals surface area contributed by atoms with Crippen LogP contribution in [0, 0.1) is 0 Å². The first-order valence-corrected chi connectivity index (χ1v) is 21.0. The van der Waals surface area contributed by atoms with E-state index in [9.17, 15) is 0 Å². The molecule has 0 bridgehead atoms. The van der Waals surface area contributed by atoms with E-state index in [1.165, 1.54) is 66.1 Å². The number of aromatic nitrogens is 4. The highest BCUT2D eigenvalue weighted by Crippen LogP contribution is 2.64. The van der Waals surface area contributed by atoms with Crippen LogP contribution in [0.2, 0.25) is 0 Å². The highest BCUT2D eigenvalue weighted by molar-refractivity contribution is 6.26. The molecule has 0 aliphatic heterocycles. The predicted octanol–water partition coefficient (Wildman–Crippen LogP) is 13.8. The summed E-state index contributed by atoms with van der Waals surface area (Å²) in [6, 6.07) is 75.1. The van der Waals surface area contributed by atoms with Gasteiger partial charge in [-0.3, -0.25) is 4.57 Å². The van der Waals surface area contributed by atoms with Gasteiger partial charge in [0.25, 0.3) is 0 Å². The van der Waals surface area contributed by atoms with Crippen molar-refractivity contribution in [1.29, 1.82) is 0 Å². The largest absolute Gasteiger partial charge is 0.309 e. The summed E-state index contributed by atoms with van der Waals surface area (Å²) in [5.74, 6) is 0.652. The highest BCUT2D eigenvalue weighted by atomic mass is 15.2. The maximum Gasteiger partial charge on any atom is 0.235 e. The van der Waals surface area contributed by atoms with Gasteiger partial charge in [0.05, 0.1) is 38.7 Å². The molecule has 0 saturated carbocycles. The van der Waals surface area contributed by atoms with Gasteiger partial charge in [0, 0.05) is 38.2 Å². The number of hydrogen-bond acceptors (Lipinski definition) is 2. The molecule has 2 aliphatic rings. The zero-order valence-corrected chi connectivity index (χ0v) is 32.9. The van der Waals surface area contributed by atoms with E-state index in [0.717, 1.165) is 49.9 Å². The Morgan fingerprint density at radius 3 is 1.66 bits per heavy atom. The van der Waals surface area contributed by atoms with Crippen LogP contribution in [0.3, 0.4) is 0 Å². The average molecular weight is 775 g/mol. The van der Waals surface area contributed by atoms with E-state index >= 15 is 0 Å². The number of nitrogens with zero attached hydrogens (tertiary/aromatic N) is 4. The first kappa shape index (κ1) is 32.8. The smallest absolute Gasteiger partial charge is 0.235 e. The third kappa shape index (κ3) is 4.13. The van der Waals surface area contributed by atoms with E-state index in [-0.39, 0.29) is 0 Å².